The van der Waals surface area contributed by atoms with E-state index in [9.17, 15) is 14.4 Å². The van der Waals surface area contributed by atoms with Gasteiger partial charge in [0.2, 0.25) is 5.91 Å². The van der Waals surface area contributed by atoms with Crippen molar-refractivity contribution in [2.75, 3.05) is 24.3 Å². The summed E-state index contributed by atoms with van der Waals surface area (Å²) in [6, 6.07) is 15.7. The predicted octanol–water partition coefficient (Wildman–Crippen LogP) is 4.66. The Labute approximate surface area is 210 Å². The number of thioether (sulfide) groups is 1. The summed E-state index contributed by atoms with van der Waals surface area (Å²) in [7, 11) is 1.34. The van der Waals surface area contributed by atoms with Crippen molar-refractivity contribution in [3.63, 3.8) is 0 Å². The molecule has 2 aromatic carbocycles. The van der Waals surface area contributed by atoms with Crippen molar-refractivity contribution < 1.29 is 19.1 Å². The summed E-state index contributed by atoms with van der Waals surface area (Å²) in [6.45, 7) is 6.63. The van der Waals surface area contributed by atoms with Crippen molar-refractivity contribution in [3.8, 4) is 0 Å². The van der Waals surface area contributed by atoms with Crippen molar-refractivity contribution in [2.24, 2.45) is 4.99 Å². The number of benzene rings is 2. The summed E-state index contributed by atoms with van der Waals surface area (Å²) < 4.78 is 4.60. The summed E-state index contributed by atoms with van der Waals surface area (Å²) in [6.07, 6.45) is 2.52. The number of esters is 1. The molecule has 0 unspecified atom stereocenters. The lowest BCUT2D eigenvalue weighted by molar-refractivity contribution is -0.140. The third-order valence-electron chi connectivity index (χ3n) is 5.47. The summed E-state index contributed by atoms with van der Waals surface area (Å²) in [5, 5.41) is 3.24. The zero-order valence-corrected chi connectivity index (χ0v) is 21.4. The molecule has 1 aliphatic heterocycles. The Morgan fingerprint density at radius 3 is 2.43 bits per heavy atom. The quantitative estimate of drug-likeness (QED) is 0.312. The lowest BCUT2D eigenvalue weighted by Crippen LogP contribution is -2.32. The molecule has 0 saturated heterocycles. The number of aliphatic imine (C=N–C) groups is 1. The van der Waals surface area contributed by atoms with E-state index in [0.717, 1.165) is 11.1 Å². The smallest absolute Gasteiger partial charge is 0.305 e. The Balaban J connectivity index is 1.74. The first-order chi connectivity index (χ1) is 16.8. The molecule has 0 spiro atoms. The second-order valence-electron chi connectivity index (χ2n) is 8.54. The Bertz CT molecular complexity index is 1120. The highest BCUT2D eigenvalue weighted by Crippen LogP contribution is 2.30. The summed E-state index contributed by atoms with van der Waals surface area (Å²) >= 11 is 1.20. The Morgan fingerprint density at radius 1 is 1.11 bits per heavy atom. The van der Waals surface area contributed by atoms with E-state index in [1.54, 1.807) is 11.0 Å². The molecule has 2 aromatic rings. The van der Waals surface area contributed by atoms with Gasteiger partial charge in [0.15, 0.2) is 5.17 Å². The molecule has 2 amide bonds. The van der Waals surface area contributed by atoms with E-state index in [2.05, 4.69) is 41.0 Å². The van der Waals surface area contributed by atoms with Crippen LogP contribution in [0.25, 0.3) is 6.08 Å². The van der Waals surface area contributed by atoms with Crippen LogP contribution in [0.2, 0.25) is 0 Å². The zero-order chi connectivity index (χ0) is 25.4. The standard InChI is InChI=1S/C27H31N3O4S/c1-18(2)21-11-9-20(10-12-21)16-23-26(33)30(22-13-7-19(3)8-14-22)27(29-23)35-17-24(31)28-15-5-6-25(32)34-4/h7-14,16,18H,5-6,15,17H2,1-4H3,(H,28,31)/b23-16+. The molecule has 7 nitrogen and oxygen atoms in total. The molecule has 8 heteroatoms. The van der Waals surface area contributed by atoms with Gasteiger partial charge in [0, 0.05) is 13.0 Å². The minimum Gasteiger partial charge on any atom is -0.469 e. The van der Waals surface area contributed by atoms with Gasteiger partial charge in [-0.15, -0.1) is 0 Å². The van der Waals surface area contributed by atoms with Crippen LogP contribution in [0.3, 0.4) is 0 Å². The first kappa shape index (κ1) is 26.2. The van der Waals surface area contributed by atoms with E-state index in [1.807, 2.05) is 43.3 Å². The number of nitrogens with one attached hydrogen (secondary N) is 1. The number of amidine groups is 1. The van der Waals surface area contributed by atoms with Crippen LogP contribution in [0.5, 0.6) is 0 Å². The number of hydrogen-bond donors (Lipinski definition) is 1. The fourth-order valence-electron chi connectivity index (χ4n) is 3.39. The van der Waals surface area contributed by atoms with Crippen molar-refractivity contribution in [3.05, 3.63) is 70.9 Å². The zero-order valence-electron chi connectivity index (χ0n) is 20.5. The number of anilines is 1. The Kier molecular flexibility index (Phi) is 9.25. The third kappa shape index (κ3) is 7.29. The van der Waals surface area contributed by atoms with E-state index in [0.29, 0.717) is 35.4 Å². The van der Waals surface area contributed by atoms with Gasteiger partial charge in [0.25, 0.3) is 5.91 Å². The molecule has 0 bridgehead atoms. The molecule has 184 valence electrons. The lowest BCUT2D eigenvalue weighted by atomic mass is 10.0. The maximum atomic E-state index is 13.3. The van der Waals surface area contributed by atoms with Crippen molar-refractivity contribution >= 4 is 46.5 Å². The lowest BCUT2D eigenvalue weighted by Gasteiger charge is -2.18. The van der Waals surface area contributed by atoms with E-state index >= 15 is 0 Å². The van der Waals surface area contributed by atoms with Gasteiger partial charge in [-0.25, -0.2) is 4.99 Å². The molecule has 0 saturated carbocycles. The molecule has 1 aliphatic rings. The third-order valence-corrected chi connectivity index (χ3v) is 6.41. The molecule has 3 rings (SSSR count). The molecular weight excluding hydrogens is 462 g/mol. The van der Waals surface area contributed by atoms with Crippen molar-refractivity contribution in [1.29, 1.82) is 0 Å². The minimum atomic E-state index is -0.306. The molecule has 35 heavy (non-hydrogen) atoms. The summed E-state index contributed by atoms with van der Waals surface area (Å²) in [5.74, 6) is -0.208. The largest absolute Gasteiger partial charge is 0.469 e. The number of nitrogens with zero attached hydrogens (tertiary/aromatic N) is 2. The highest BCUT2D eigenvalue weighted by Gasteiger charge is 2.32. The summed E-state index contributed by atoms with van der Waals surface area (Å²) in [4.78, 5) is 43.0. The number of ether oxygens (including phenoxy) is 1. The van der Waals surface area contributed by atoms with Crippen LogP contribution in [0.4, 0.5) is 5.69 Å². The minimum absolute atomic E-state index is 0.100. The van der Waals surface area contributed by atoms with Gasteiger partial charge in [-0.3, -0.25) is 19.3 Å². The second kappa shape index (κ2) is 12.4. The Morgan fingerprint density at radius 2 is 1.80 bits per heavy atom. The molecule has 0 aliphatic carbocycles. The molecule has 0 fully saturated rings. The molecule has 0 aromatic heterocycles. The number of amides is 2. The number of carbonyl (C=O) groups is 3. The number of methoxy groups -OCH3 is 1. The van der Waals surface area contributed by atoms with Crippen molar-refractivity contribution in [2.45, 2.75) is 39.5 Å². The van der Waals surface area contributed by atoms with Crippen LogP contribution in [0, 0.1) is 6.92 Å². The van der Waals surface area contributed by atoms with Crippen LogP contribution >= 0.6 is 11.8 Å². The first-order valence-corrected chi connectivity index (χ1v) is 12.5. The van der Waals surface area contributed by atoms with Gasteiger partial charge in [-0.05, 0) is 48.6 Å². The Hall–Kier alpha value is -3.39. The van der Waals surface area contributed by atoms with Crippen LogP contribution in [-0.2, 0) is 19.1 Å². The average molecular weight is 494 g/mol. The van der Waals surface area contributed by atoms with E-state index in [1.165, 1.54) is 24.4 Å². The predicted molar refractivity (Wildman–Crippen MR) is 141 cm³/mol. The number of hydrogen-bond acceptors (Lipinski definition) is 6. The maximum Gasteiger partial charge on any atom is 0.305 e. The van der Waals surface area contributed by atoms with E-state index in [4.69, 9.17) is 0 Å². The monoisotopic (exact) mass is 493 g/mol. The van der Waals surface area contributed by atoms with Gasteiger partial charge in [0.1, 0.15) is 5.70 Å². The molecule has 0 atom stereocenters. The van der Waals surface area contributed by atoms with Gasteiger partial charge >= 0.3 is 5.97 Å². The summed E-state index contributed by atoms with van der Waals surface area (Å²) in [5.41, 5.74) is 4.22. The van der Waals surface area contributed by atoms with Crippen LogP contribution in [-0.4, -0.2) is 42.4 Å². The van der Waals surface area contributed by atoms with Gasteiger partial charge in [-0.2, -0.15) is 0 Å². The molecule has 0 radical (unpaired) electrons. The SMILES string of the molecule is COC(=O)CCCNC(=O)CSC1=N/C(=C/c2ccc(C(C)C)cc2)C(=O)N1c1ccc(C)cc1. The van der Waals surface area contributed by atoms with Crippen molar-refractivity contribution in [1.82, 2.24) is 5.32 Å². The highest BCUT2D eigenvalue weighted by atomic mass is 32.2. The van der Waals surface area contributed by atoms with Crippen LogP contribution in [0.1, 0.15) is 49.3 Å². The molecule has 1 N–H and O–H groups in total. The van der Waals surface area contributed by atoms with E-state index in [-0.39, 0.29) is 30.0 Å². The highest BCUT2D eigenvalue weighted by molar-refractivity contribution is 8.14. The number of aryl methyl sites for hydroxylation is 1. The van der Waals surface area contributed by atoms with Gasteiger partial charge < -0.3 is 10.1 Å². The number of carbonyl (C=O) groups excluding carboxylic acids is 3. The van der Waals surface area contributed by atoms with Gasteiger partial charge in [-0.1, -0.05) is 67.6 Å². The topological polar surface area (TPSA) is 88.1 Å². The normalized spacial score (nSPS) is 14.4. The van der Waals surface area contributed by atoms with Crippen LogP contribution in [0.15, 0.2) is 59.2 Å². The van der Waals surface area contributed by atoms with Crippen LogP contribution < -0.4 is 10.2 Å². The molecular formula is C27H31N3O4S. The maximum absolute atomic E-state index is 13.3. The fraction of sp³-hybridized carbons (Fsp3) is 0.333. The fourth-order valence-corrected chi connectivity index (χ4v) is 4.24. The first-order valence-electron chi connectivity index (χ1n) is 11.6. The van der Waals surface area contributed by atoms with E-state index < -0.39 is 0 Å². The second-order valence-corrected chi connectivity index (χ2v) is 9.48. The van der Waals surface area contributed by atoms with Gasteiger partial charge in [0.05, 0.1) is 18.6 Å². The average Bonchev–Trinajstić information content (AvgIpc) is 3.15. The molecule has 1 heterocycles. The number of rotatable bonds is 9.